The van der Waals surface area contributed by atoms with E-state index in [4.69, 9.17) is 0 Å². The molecule has 1 aromatic carbocycles. The molecule has 9 nitrogen and oxygen atoms in total. The first kappa shape index (κ1) is 20.6. The third-order valence-corrected chi connectivity index (χ3v) is 6.89. The number of benzene rings is 1. The molecule has 0 spiro atoms. The number of aromatic nitrogens is 8. The summed E-state index contributed by atoms with van der Waals surface area (Å²) in [5.41, 5.74) is 1.51. The van der Waals surface area contributed by atoms with Crippen molar-refractivity contribution in [3.8, 4) is 0 Å². The van der Waals surface area contributed by atoms with Crippen LogP contribution >= 0.6 is 11.3 Å². The number of fused-ring (bicyclic) bond motifs is 4. The average molecular weight is 484 g/mol. The summed E-state index contributed by atoms with van der Waals surface area (Å²) >= 11 is 1.23. The van der Waals surface area contributed by atoms with Gasteiger partial charge in [-0.3, -0.25) is 15.0 Å². The molecule has 13 heteroatoms. The topological polar surface area (TPSA) is 110 Å². The molecule has 5 aromatic heterocycles. The van der Waals surface area contributed by atoms with E-state index in [-0.39, 0.29) is 24.2 Å². The highest BCUT2D eigenvalue weighted by Crippen LogP contribution is 2.35. The minimum Gasteiger partial charge on any atom is -0.323 e. The van der Waals surface area contributed by atoms with Crippen LogP contribution in [0.4, 0.5) is 13.2 Å². The van der Waals surface area contributed by atoms with Gasteiger partial charge in [-0.05, 0) is 11.6 Å². The van der Waals surface area contributed by atoms with E-state index < -0.39 is 11.7 Å². The number of thiazole rings is 1. The van der Waals surface area contributed by atoms with E-state index in [1.165, 1.54) is 16.0 Å². The maximum Gasteiger partial charge on any atom is 0.419 e. The minimum atomic E-state index is -4.50. The first-order valence-electron chi connectivity index (χ1n) is 10.2. The van der Waals surface area contributed by atoms with Gasteiger partial charge in [0, 0.05) is 30.4 Å². The molecule has 0 aliphatic heterocycles. The molecule has 172 valence electrons. The predicted molar refractivity (Wildman–Crippen MR) is 120 cm³/mol. The van der Waals surface area contributed by atoms with Crippen LogP contribution in [-0.2, 0) is 26.2 Å². The Morgan fingerprint density at radius 3 is 2.85 bits per heavy atom. The van der Waals surface area contributed by atoms with E-state index in [0.29, 0.717) is 26.3 Å². The molecule has 2 N–H and O–H groups in total. The third kappa shape index (κ3) is 3.11. The summed E-state index contributed by atoms with van der Waals surface area (Å²) in [7, 11) is 1.71. The maximum absolute atomic E-state index is 13.3. The largest absolute Gasteiger partial charge is 0.419 e. The molecule has 0 aliphatic rings. The quantitative estimate of drug-likeness (QED) is 0.397. The fraction of sp³-hybridized carbons (Fsp3) is 0.190. The van der Waals surface area contributed by atoms with E-state index in [0.717, 1.165) is 22.7 Å². The fourth-order valence-corrected chi connectivity index (χ4v) is 5.30. The van der Waals surface area contributed by atoms with Gasteiger partial charge in [-0.1, -0.05) is 12.1 Å². The Hall–Kier alpha value is -4.00. The normalized spacial score (nSPS) is 12.5. The lowest BCUT2D eigenvalue weighted by Crippen LogP contribution is -2.24. The second-order valence-electron chi connectivity index (χ2n) is 7.86. The lowest BCUT2D eigenvalue weighted by Gasteiger charge is -2.07. The van der Waals surface area contributed by atoms with Gasteiger partial charge in [0.1, 0.15) is 10.5 Å². The van der Waals surface area contributed by atoms with Gasteiger partial charge in [0.25, 0.3) is 5.56 Å². The van der Waals surface area contributed by atoms with E-state index in [2.05, 4.69) is 30.5 Å². The van der Waals surface area contributed by atoms with Gasteiger partial charge in [-0.15, -0.1) is 11.3 Å². The van der Waals surface area contributed by atoms with Crippen LogP contribution in [0.2, 0.25) is 0 Å². The van der Waals surface area contributed by atoms with Crippen LogP contribution in [0.5, 0.6) is 0 Å². The molecule has 0 atom stereocenters. The van der Waals surface area contributed by atoms with Crippen molar-refractivity contribution in [2.24, 2.45) is 7.05 Å². The van der Waals surface area contributed by atoms with Crippen molar-refractivity contribution in [1.82, 2.24) is 39.7 Å². The van der Waals surface area contributed by atoms with Gasteiger partial charge in [0.05, 0.1) is 40.4 Å². The molecule has 0 unspecified atom stereocenters. The number of nitrogens with zero attached hydrogens (tertiary/aromatic N) is 6. The Kier molecular flexibility index (Phi) is 4.39. The van der Waals surface area contributed by atoms with Gasteiger partial charge >= 0.3 is 6.18 Å². The monoisotopic (exact) mass is 484 g/mol. The van der Waals surface area contributed by atoms with Crippen molar-refractivity contribution in [1.29, 1.82) is 0 Å². The Morgan fingerprint density at radius 1 is 1.18 bits per heavy atom. The minimum absolute atomic E-state index is 0.0710. The van der Waals surface area contributed by atoms with Crippen molar-refractivity contribution in [3.63, 3.8) is 0 Å². The highest BCUT2D eigenvalue weighted by molar-refractivity contribution is 7.19. The van der Waals surface area contributed by atoms with E-state index in [9.17, 15) is 18.0 Å². The van der Waals surface area contributed by atoms with Gasteiger partial charge in [-0.2, -0.15) is 28.5 Å². The number of aromatic amines is 2. The first-order valence-corrected chi connectivity index (χ1v) is 11.0. The SMILES string of the molecule is Cn1c2nc(Cc3n[nH]cc3C(F)(F)F)sc2c2cnn(Cc3cccc4[nH]ncc34)c(=O)c21. The van der Waals surface area contributed by atoms with Gasteiger partial charge in [-0.25, -0.2) is 9.67 Å². The van der Waals surface area contributed by atoms with Crippen molar-refractivity contribution in [2.75, 3.05) is 0 Å². The van der Waals surface area contributed by atoms with Crippen LogP contribution in [0.25, 0.3) is 32.2 Å². The molecule has 6 rings (SSSR count). The smallest absolute Gasteiger partial charge is 0.323 e. The zero-order valence-corrected chi connectivity index (χ0v) is 18.3. The number of aryl methyl sites for hydroxylation is 1. The van der Waals surface area contributed by atoms with E-state index in [1.54, 1.807) is 24.0 Å². The van der Waals surface area contributed by atoms with Crippen molar-refractivity contribution >= 4 is 43.5 Å². The summed E-state index contributed by atoms with van der Waals surface area (Å²) < 4.78 is 43.3. The molecular formula is C21H15F3N8OS. The molecule has 6 aromatic rings. The molecule has 0 aliphatic carbocycles. The second kappa shape index (κ2) is 7.25. The van der Waals surface area contributed by atoms with Crippen molar-refractivity contribution in [3.05, 3.63) is 69.0 Å². The number of H-pyrrole nitrogens is 2. The Bertz CT molecular complexity index is 1750. The molecule has 0 bridgehead atoms. The van der Waals surface area contributed by atoms with Gasteiger partial charge in [0.15, 0.2) is 5.65 Å². The molecule has 0 fully saturated rings. The number of alkyl halides is 3. The van der Waals surface area contributed by atoms with Crippen LogP contribution in [0.3, 0.4) is 0 Å². The Morgan fingerprint density at radius 2 is 2.03 bits per heavy atom. The lowest BCUT2D eigenvalue weighted by molar-refractivity contribution is -0.138. The Balaban J connectivity index is 1.40. The summed E-state index contributed by atoms with van der Waals surface area (Å²) in [5, 5.41) is 19.3. The van der Waals surface area contributed by atoms with Crippen molar-refractivity contribution < 1.29 is 13.2 Å². The molecule has 34 heavy (non-hydrogen) atoms. The first-order chi connectivity index (χ1) is 16.3. The molecule has 0 amide bonds. The molecular weight excluding hydrogens is 469 g/mol. The third-order valence-electron chi connectivity index (χ3n) is 5.81. The van der Waals surface area contributed by atoms with Crippen LogP contribution in [0.15, 0.2) is 41.6 Å². The Labute approximate surface area is 191 Å². The molecule has 5 heterocycles. The summed E-state index contributed by atoms with van der Waals surface area (Å²) in [6, 6.07) is 5.70. The lowest BCUT2D eigenvalue weighted by atomic mass is 10.1. The molecule has 0 saturated carbocycles. The molecule has 0 radical (unpaired) electrons. The number of nitrogens with one attached hydrogen (secondary N) is 2. The standard InChI is InChI=1S/C21H15F3N8OS/c1-31-17-12(7-27-32(20(17)33)9-10-3-2-4-14-11(10)6-25-29-14)18-19(31)28-16(34-18)5-15-13(8-26-30-15)21(22,23)24/h2-4,6-8H,5,9H2,1H3,(H,25,29)(H,26,30). The highest BCUT2D eigenvalue weighted by atomic mass is 32.1. The van der Waals surface area contributed by atoms with E-state index in [1.807, 2.05) is 18.2 Å². The van der Waals surface area contributed by atoms with Crippen molar-refractivity contribution in [2.45, 2.75) is 19.1 Å². The zero-order valence-electron chi connectivity index (χ0n) is 17.5. The summed E-state index contributed by atoms with van der Waals surface area (Å²) in [4.78, 5) is 17.8. The van der Waals surface area contributed by atoms with Crippen LogP contribution in [0, 0.1) is 0 Å². The fourth-order valence-electron chi connectivity index (χ4n) is 4.19. The maximum atomic E-state index is 13.3. The predicted octanol–water partition coefficient (Wildman–Crippen LogP) is 3.60. The number of hydrogen-bond donors (Lipinski definition) is 2. The number of rotatable bonds is 4. The molecule has 0 saturated heterocycles. The summed E-state index contributed by atoms with van der Waals surface area (Å²) in [6.45, 7) is 0.266. The van der Waals surface area contributed by atoms with Crippen LogP contribution in [0.1, 0.15) is 21.8 Å². The van der Waals surface area contributed by atoms with Gasteiger partial charge in [0.2, 0.25) is 0 Å². The van der Waals surface area contributed by atoms with Crippen LogP contribution in [-0.4, -0.2) is 39.7 Å². The summed E-state index contributed by atoms with van der Waals surface area (Å²) in [6.07, 6.45) is -0.414. The average Bonchev–Trinajstić information content (AvgIpc) is 3.56. The highest BCUT2D eigenvalue weighted by Gasteiger charge is 2.35. The van der Waals surface area contributed by atoms with E-state index >= 15 is 0 Å². The van der Waals surface area contributed by atoms with Gasteiger partial charge < -0.3 is 4.57 Å². The number of halogens is 3. The zero-order chi connectivity index (χ0) is 23.6. The van der Waals surface area contributed by atoms with Crippen LogP contribution < -0.4 is 5.56 Å². The second-order valence-corrected chi connectivity index (χ2v) is 8.94. The number of hydrogen-bond acceptors (Lipinski definition) is 6. The summed E-state index contributed by atoms with van der Waals surface area (Å²) in [5.74, 6) is 0.